The molecule has 0 spiro atoms. The Morgan fingerprint density at radius 3 is 2.76 bits per heavy atom. The third kappa shape index (κ3) is 4.90. The summed E-state index contributed by atoms with van der Waals surface area (Å²) in [6, 6.07) is 5.45. The zero-order valence-electron chi connectivity index (χ0n) is 12.5. The molecule has 21 heavy (non-hydrogen) atoms. The lowest BCUT2D eigenvalue weighted by atomic mass is 9.83. The van der Waals surface area contributed by atoms with E-state index in [4.69, 9.17) is 5.73 Å². The second-order valence-corrected chi connectivity index (χ2v) is 5.67. The van der Waals surface area contributed by atoms with Gasteiger partial charge in [0, 0.05) is 12.5 Å². The largest absolute Gasteiger partial charge is 0.506 e. The van der Waals surface area contributed by atoms with Crippen LogP contribution in [-0.2, 0) is 11.2 Å². The van der Waals surface area contributed by atoms with Crippen molar-refractivity contribution in [1.29, 1.82) is 0 Å². The smallest absolute Gasteiger partial charge is 0.224 e. The van der Waals surface area contributed by atoms with Crippen LogP contribution in [0.2, 0.25) is 0 Å². The van der Waals surface area contributed by atoms with Gasteiger partial charge >= 0.3 is 0 Å². The number of carbonyl (C=O) groups excluding carboxylic acids is 1. The molecular weight excluding hydrogens is 288 g/mol. The average Bonchev–Trinajstić information content (AvgIpc) is 2.44. The van der Waals surface area contributed by atoms with Crippen LogP contribution in [0.1, 0.15) is 44.6 Å². The van der Waals surface area contributed by atoms with Crippen LogP contribution in [0.5, 0.6) is 5.75 Å². The van der Waals surface area contributed by atoms with Gasteiger partial charge in [-0.25, -0.2) is 0 Å². The fraction of sp³-hybridized carbons (Fsp3) is 0.562. The number of halogens is 1. The molecule has 1 aliphatic rings. The van der Waals surface area contributed by atoms with Crippen molar-refractivity contribution in [2.75, 3.05) is 5.32 Å². The van der Waals surface area contributed by atoms with Crippen LogP contribution in [0, 0.1) is 5.92 Å². The zero-order valence-corrected chi connectivity index (χ0v) is 13.3. The number of benzene rings is 1. The van der Waals surface area contributed by atoms with Gasteiger partial charge in [0.2, 0.25) is 5.91 Å². The number of hydrogen-bond donors (Lipinski definition) is 3. The SMILES string of the molecule is CCc1ccc(O)c(NC(=O)CC2CCCCC2N)c1.Cl. The van der Waals surface area contributed by atoms with Gasteiger partial charge in [-0.2, -0.15) is 0 Å². The Labute approximate surface area is 132 Å². The van der Waals surface area contributed by atoms with Crippen molar-refractivity contribution in [3.05, 3.63) is 23.8 Å². The quantitative estimate of drug-likeness (QED) is 0.747. The standard InChI is InChI=1S/C16H24N2O2.ClH/c1-2-11-7-8-15(19)14(9-11)18-16(20)10-12-5-3-4-6-13(12)17;/h7-9,12-13,19H,2-6,10,17H2,1H3,(H,18,20);1H. The average molecular weight is 313 g/mol. The minimum Gasteiger partial charge on any atom is -0.506 e. The van der Waals surface area contributed by atoms with E-state index in [-0.39, 0.29) is 36.0 Å². The summed E-state index contributed by atoms with van der Waals surface area (Å²) >= 11 is 0. The predicted molar refractivity (Wildman–Crippen MR) is 87.9 cm³/mol. The number of aromatic hydroxyl groups is 1. The Morgan fingerprint density at radius 1 is 1.38 bits per heavy atom. The summed E-state index contributed by atoms with van der Waals surface area (Å²) in [7, 11) is 0. The van der Waals surface area contributed by atoms with Gasteiger partial charge in [-0.1, -0.05) is 25.8 Å². The second-order valence-electron chi connectivity index (χ2n) is 5.67. The summed E-state index contributed by atoms with van der Waals surface area (Å²) in [6.07, 6.45) is 5.67. The molecule has 5 heteroatoms. The summed E-state index contributed by atoms with van der Waals surface area (Å²) in [5.74, 6) is 0.319. The van der Waals surface area contributed by atoms with E-state index in [9.17, 15) is 9.90 Å². The molecule has 0 saturated heterocycles. The van der Waals surface area contributed by atoms with Crippen LogP contribution < -0.4 is 11.1 Å². The van der Waals surface area contributed by atoms with Gasteiger partial charge in [0.25, 0.3) is 0 Å². The van der Waals surface area contributed by atoms with Gasteiger partial charge in [-0.15, -0.1) is 12.4 Å². The summed E-state index contributed by atoms with van der Waals surface area (Å²) < 4.78 is 0. The second kappa shape index (κ2) is 8.25. The lowest BCUT2D eigenvalue weighted by Crippen LogP contribution is -2.35. The predicted octanol–water partition coefficient (Wildman–Crippen LogP) is 3.22. The van der Waals surface area contributed by atoms with E-state index in [1.54, 1.807) is 6.07 Å². The number of hydrogen-bond acceptors (Lipinski definition) is 3. The van der Waals surface area contributed by atoms with Crippen LogP contribution in [0.15, 0.2) is 18.2 Å². The van der Waals surface area contributed by atoms with E-state index in [0.29, 0.717) is 12.1 Å². The molecule has 1 aromatic rings. The number of aryl methyl sites for hydroxylation is 1. The van der Waals surface area contributed by atoms with Gasteiger partial charge in [-0.3, -0.25) is 4.79 Å². The first-order valence-corrected chi connectivity index (χ1v) is 7.47. The molecule has 2 unspecified atom stereocenters. The Balaban J connectivity index is 0.00000220. The molecule has 0 radical (unpaired) electrons. The highest BCUT2D eigenvalue weighted by Gasteiger charge is 2.24. The molecule has 1 aliphatic carbocycles. The molecule has 0 aromatic heterocycles. The van der Waals surface area contributed by atoms with E-state index in [2.05, 4.69) is 5.32 Å². The number of phenolic OH excluding ortho intramolecular Hbond substituents is 1. The number of nitrogens with one attached hydrogen (secondary N) is 1. The van der Waals surface area contributed by atoms with Gasteiger partial charge in [0.05, 0.1) is 5.69 Å². The molecule has 2 atom stereocenters. The van der Waals surface area contributed by atoms with Gasteiger partial charge in [-0.05, 0) is 42.9 Å². The number of phenols is 1. The normalized spacial score (nSPS) is 21.4. The molecule has 1 aromatic carbocycles. The summed E-state index contributed by atoms with van der Waals surface area (Å²) in [4.78, 5) is 12.1. The van der Waals surface area contributed by atoms with Crippen molar-refractivity contribution in [2.45, 2.75) is 51.5 Å². The molecule has 0 heterocycles. The van der Waals surface area contributed by atoms with Crippen LogP contribution in [-0.4, -0.2) is 17.1 Å². The number of rotatable bonds is 4. The van der Waals surface area contributed by atoms with Gasteiger partial charge in [0.15, 0.2) is 0 Å². The molecule has 4 N–H and O–H groups in total. The Morgan fingerprint density at radius 2 is 2.10 bits per heavy atom. The monoisotopic (exact) mass is 312 g/mol. The molecule has 1 amide bonds. The highest BCUT2D eigenvalue weighted by molar-refractivity contribution is 5.92. The van der Waals surface area contributed by atoms with Crippen LogP contribution in [0.3, 0.4) is 0 Å². The maximum absolute atomic E-state index is 12.1. The number of nitrogens with two attached hydrogens (primary N) is 1. The lowest BCUT2D eigenvalue weighted by molar-refractivity contribution is -0.117. The third-order valence-corrected chi connectivity index (χ3v) is 4.16. The molecule has 4 nitrogen and oxygen atoms in total. The molecule has 118 valence electrons. The van der Waals surface area contributed by atoms with E-state index in [0.717, 1.165) is 31.2 Å². The first-order valence-electron chi connectivity index (χ1n) is 7.47. The summed E-state index contributed by atoms with van der Waals surface area (Å²) in [5.41, 5.74) is 7.66. The van der Waals surface area contributed by atoms with Crippen LogP contribution in [0.25, 0.3) is 0 Å². The molecule has 0 aliphatic heterocycles. The first kappa shape index (κ1) is 17.8. The molecule has 2 rings (SSSR count). The van der Waals surface area contributed by atoms with E-state index >= 15 is 0 Å². The van der Waals surface area contributed by atoms with Crippen molar-refractivity contribution in [1.82, 2.24) is 0 Å². The van der Waals surface area contributed by atoms with Crippen LogP contribution >= 0.6 is 12.4 Å². The topological polar surface area (TPSA) is 75.3 Å². The maximum atomic E-state index is 12.1. The molecule has 0 bridgehead atoms. The third-order valence-electron chi connectivity index (χ3n) is 4.16. The molecule has 1 saturated carbocycles. The van der Waals surface area contributed by atoms with Crippen molar-refractivity contribution in [3.63, 3.8) is 0 Å². The fourth-order valence-electron chi connectivity index (χ4n) is 2.83. The lowest BCUT2D eigenvalue weighted by Gasteiger charge is -2.28. The summed E-state index contributed by atoms with van der Waals surface area (Å²) in [5, 5.41) is 12.6. The maximum Gasteiger partial charge on any atom is 0.224 e. The zero-order chi connectivity index (χ0) is 14.5. The van der Waals surface area contributed by atoms with E-state index in [1.165, 1.54) is 6.42 Å². The molecular formula is C16H25ClN2O2. The van der Waals surface area contributed by atoms with Crippen molar-refractivity contribution >= 4 is 24.0 Å². The van der Waals surface area contributed by atoms with E-state index < -0.39 is 0 Å². The van der Waals surface area contributed by atoms with Crippen molar-refractivity contribution in [3.8, 4) is 5.75 Å². The number of anilines is 1. The van der Waals surface area contributed by atoms with Crippen molar-refractivity contribution in [2.24, 2.45) is 11.7 Å². The first-order chi connectivity index (χ1) is 9.60. The minimum absolute atomic E-state index is 0. The van der Waals surface area contributed by atoms with E-state index in [1.807, 2.05) is 19.1 Å². The summed E-state index contributed by atoms with van der Waals surface area (Å²) in [6.45, 7) is 2.04. The van der Waals surface area contributed by atoms with Gasteiger partial charge in [0.1, 0.15) is 5.75 Å². The van der Waals surface area contributed by atoms with Gasteiger partial charge < -0.3 is 16.2 Å². The minimum atomic E-state index is -0.0593. The highest BCUT2D eigenvalue weighted by Crippen LogP contribution is 2.28. The fourth-order valence-corrected chi connectivity index (χ4v) is 2.83. The molecule has 1 fully saturated rings. The Bertz CT molecular complexity index is 479. The Hall–Kier alpha value is -1.26. The highest BCUT2D eigenvalue weighted by atomic mass is 35.5. The number of carbonyl (C=O) groups is 1. The van der Waals surface area contributed by atoms with Crippen LogP contribution in [0.4, 0.5) is 5.69 Å². The van der Waals surface area contributed by atoms with Crippen molar-refractivity contribution < 1.29 is 9.90 Å². The number of amides is 1. The Kier molecular flexibility index (Phi) is 6.99.